The summed E-state index contributed by atoms with van der Waals surface area (Å²) in [5, 5.41) is 2.88. The Morgan fingerprint density at radius 2 is 2.07 bits per heavy atom. The van der Waals surface area contributed by atoms with Gasteiger partial charge >= 0.3 is 6.03 Å². The molecular formula is C11H20N2O. The minimum absolute atomic E-state index is 0.157. The maximum Gasteiger partial charge on any atom is 0.317 e. The number of hydrogen-bond donors (Lipinski definition) is 1. The van der Waals surface area contributed by atoms with E-state index in [1.807, 2.05) is 4.90 Å². The van der Waals surface area contributed by atoms with Crippen LogP contribution in [0, 0.1) is 5.92 Å². The molecule has 1 aliphatic carbocycles. The summed E-state index contributed by atoms with van der Waals surface area (Å²) in [5.41, 5.74) is 0. The highest BCUT2D eigenvalue weighted by molar-refractivity contribution is 5.76. The monoisotopic (exact) mass is 196 g/mol. The van der Waals surface area contributed by atoms with E-state index in [9.17, 15) is 4.79 Å². The molecular weight excluding hydrogens is 176 g/mol. The van der Waals surface area contributed by atoms with Crippen molar-refractivity contribution in [2.45, 2.75) is 45.1 Å². The first-order valence-electron chi connectivity index (χ1n) is 5.85. The maximum absolute atomic E-state index is 11.4. The third-order valence-corrected chi connectivity index (χ3v) is 3.72. The molecule has 1 N–H and O–H groups in total. The zero-order chi connectivity index (χ0) is 9.97. The number of hydrogen-bond acceptors (Lipinski definition) is 1. The van der Waals surface area contributed by atoms with Gasteiger partial charge in [-0.25, -0.2) is 4.79 Å². The first-order valence-corrected chi connectivity index (χ1v) is 5.85. The number of nitrogens with zero attached hydrogens (tertiary/aromatic N) is 1. The lowest BCUT2D eigenvalue weighted by molar-refractivity contribution is 0.164. The smallest absolute Gasteiger partial charge is 0.317 e. The predicted molar refractivity (Wildman–Crippen MR) is 56.1 cm³/mol. The van der Waals surface area contributed by atoms with Crippen LogP contribution in [0.15, 0.2) is 0 Å². The molecule has 0 bridgehead atoms. The molecule has 0 spiro atoms. The van der Waals surface area contributed by atoms with Crippen LogP contribution in [0.2, 0.25) is 0 Å². The van der Waals surface area contributed by atoms with Gasteiger partial charge in [-0.05, 0) is 31.6 Å². The molecule has 0 radical (unpaired) electrons. The molecule has 3 heteroatoms. The molecule has 0 atom stereocenters. The van der Waals surface area contributed by atoms with E-state index in [2.05, 4.69) is 12.2 Å². The molecule has 2 fully saturated rings. The van der Waals surface area contributed by atoms with Gasteiger partial charge in [-0.1, -0.05) is 13.3 Å². The van der Waals surface area contributed by atoms with E-state index in [-0.39, 0.29) is 6.03 Å². The molecule has 80 valence electrons. The molecule has 1 heterocycles. The normalized spacial score (nSPS) is 33.2. The highest BCUT2D eigenvalue weighted by Crippen LogP contribution is 2.29. The second-order valence-electron chi connectivity index (χ2n) is 4.51. The number of carbonyl (C=O) groups is 1. The topological polar surface area (TPSA) is 32.3 Å². The van der Waals surface area contributed by atoms with Crippen molar-refractivity contribution < 1.29 is 4.79 Å². The summed E-state index contributed by atoms with van der Waals surface area (Å²) in [6, 6.07) is 0.685. The second kappa shape index (κ2) is 4.20. The van der Waals surface area contributed by atoms with Gasteiger partial charge in [0.2, 0.25) is 0 Å². The van der Waals surface area contributed by atoms with Crippen LogP contribution in [0.3, 0.4) is 0 Å². The van der Waals surface area contributed by atoms with Crippen LogP contribution >= 0.6 is 0 Å². The van der Waals surface area contributed by atoms with Gasteiger partial charge in [0.1, 0.15) is 0 Å². The Morgan fingerprint density at radius 1 is 1.36 bits per heavy atom. The molecule has 1 saturated carbocycles. The Balaban J connectivity index is 1.85. The highest BCUT2D eigenvalue weighted by atomic mass is 16.2. The lowest BCUT2D eigenvalue weighted by Crippen LogP contribution is -2.40. The van der Waals surface area contributed by atoms with Crippen LogP contribution < -0.4 is 5.32 Å². The molecule has 1 saturated heterocycles. The molecule has 3 nitrogen and oxygen atoms in total. The van der Waals surface area contributed by atoms with Crippen LogP contribution in [0.5, 0.6) is 0 Å². The minimum Gasteiger partial charge on any atom is -0.336 e. The number of carbonyl (C=O) groups excluding carboxylic acids is 1. The second-order valence-corrected chi connectivity index (χ2v) is 4.51. The zero-order valence-electron chi connectivity index (χ0n) is 8.96. The third kappa shape index (κ3) is 1.86. The molecule has 0 aromatic rings. The molecule has 14 heavy (non-hydrogen) atoms. The summed E-state index contributed by atoms with van der Waals surface area (Å²) in [6.07, 6.45) is 6.35. The molecule has 0 aromatic carbocycles. The summed E-state index contributed by atoms with van der Waals surface area (Å²) >= 11 is 0. The Kier molecular flexibility index (Phi) is 2.94. The van der Waals surface area contributed by atoms with Gasteiger partial charge in [0, 0.05) is 19.1 Å². The Hall–Kier alpha value is -0.730. The van der Waals surface area contributed by atoms with Gasteiger partial charge in [-0.2, -0.15) is 0 Å². The fourth-order valence-electron chi connectivity index (χ4n) is 2.70. The largest absolute Gasteiger partial charge is 0.336 e. The van der Waals surface area contributed by atoms with E-state index < -0.39 is 0 Å². The number of rotatable bonds is 2. The van der Waals surface area contributed by atoms with E-state index in [1.165, 1.54) is 32.1 Å². The molecule has 2 rings (SSSR count). The predicted octanol–water partition coefficient (Wildman–Crippen LogP) is 1.98. The zero-order valence-corrected chi connectivity index (χ0v) is 8.96. The summed E-state index contributed by atoms with van der Waals surface area (Å²) in [6.45, 7) is 4.03. The van der Waals surface area contributed by atoms with Crippen molar-refractivity contribution in [2.75, 3.05) is 13.1 Å². The Labute approximate surface area is 85.8 Å². The lowest BCUT2D eigenvalue weighted by atomic mass is 9.84. The Morgan fingerprint density at radius 3 is 2.57 bits per heavy atom. The van der Waals surface area contributed by atoms with Crippen molar-refractivity contribution in [2.24, 2.45) is 5.92 Å². The van der Waals surface area contributed by atoms with Gasteiger partial charge < -0.3 is 10.2 Å². The van der Waals surface area contributed by atoms with E-state index in [0.29, 0.717) is 6.04 Å². The average Bonchev–Trinajstić information content (AvgIpc) is 2.65. The van der Waals surface area contributed by atoms with Gasteiger partial charge in [0.25, 0.3) is 0 Å². The summed E-state index contributed by atoms with van der Waals surface area (Å²) in [4.78, 5) is 13.5. The van der Waals surface area contributed by atoms with Gasteiger partial charge in [-0.3, -0.25) is 0 Å². The van der Waals surface area contributed by atoms with Gasteiger partial charge in [-0.15, -0.1) is 0 Å². The van der Waals surface area contributed by atoms with Crippen molar-refractivity contribution in [1.29, 1.82) is 0 Å². The number of nitrogens with one attached hydrogen (secondary N) is 1. The lowest BCUT2D eigenvalue weighted by Gasteiger charge is -2.33. The van der Waals surface area contributed by atoms with Crippen molar-refractivity contribution in [3.05, 3.63) is 0 Å². The fraction of sp³-hybridized carbons (Fsp3) is 0.909. The van der Waals surface area contributed by atoms with Gasteiger partial charge in [0.15, 0.2) is 0 Å². The maximum atomic E-state index is 11.4. The van der Waals surface area contributed by atoms with E-state index in [4.69, 9.17) is 0 Å². The first kappa shape index (κ1) is 9.81. The van der Waals surface area contributed by atoms with Crippen LogP contribution in [0.1, 0.15) is 39.0 Å². The molecule has 0 unspecified atom stereocenters. The van der Waals surface area contributed by atoms with E-state index >= 15 is 0 Å². The summed E-state index contributed by atoms with van der Waals surface area (Å²) < 4.78 is 0. The Bertz CT molecular complexity index is 209. The van der Waals surface area contributed by atoms with Crippen molar-refractivity contribution in [1.82, 2.24) is 10.2 Å². The SMILES string of the molecule is CCC1CCC(N2CCNC2=O)CC1. The molecule has 1 aliphatic heterocycles. The molecule has 0 aromatic heterocycles. The summed E-state index contributed by atoms with van der Waals surface area (Å²) in [7, 11) is 0. The van der Waals surface area contributed by atoms with Crippen LogP contribution in [-0.2, 0) is 0 Å². The van der Waals surface area contributed by atoms with Crippen LogP contribution in [-0.4, -0.2) is 30.1 Å². The minimum atomic E-state index is 0.157. The fourth-order valence-corrected chi connectivity index (χ4v) is 2.70. The summed E-state index contributed by atoms with van der Waals surface area (Å²) in [5.74, 6) is 0.914. The van der Waals surface area contributed by atoms with Crippen LogP contribution in [0.25, 0.3) is 0 Å². The molecule has 2 aliphatic rings. The average molecular weight is 196 g/mol. The van der Waals surface area contributed by atoms with E-state index in [1.54, 1.807) is 0 Å². The quantitative estimate of drug-likeness (QED) is 0.719. The van der Waals surface area contributed by atoms with Crippen molar-refractivity contribution in [3.63, 3.8) is 0 Å². The van der Waals surface area contributed by atoms with Crippen molar-refractivity contribution >= 4 is 6.03 Å². The third-order valence-electron chi connectivity index (χ3n) is 3.72. The van der Waals surface area contributed by atoms with Gasteiger partial charge in [0.05, 0.1) is 0 Å². The van der Waals surface area contributed by atoms with E-state index in [0.717, 1.165) is 19.0 Å². The van der Waals surface area contributed by atoms with Crippen molar-refractivity contribution in [3.8, 4) is 0 Å². The highest BCUT2D eigenvalue weighted by Gasteiger charge is 2.30. The number of urea groups is 1. The first-order chi connectivity index (χ1) is 6.81. The van der Waals surface area contributed by atoms with Crippen LogP contribution in [0.4, 0.5) is 4.79 Å². The number of amides is 2. The standard InChI is InChI=1S/C11H20N2O/c1-2-9-3-5-10(6-4-9)13-8-7-12-11(13)14/h9-10H,2-8H2,1H3,(H,12,14). The molecule has 2 amide bonds.